The monoisotopic (exact) mass is 242 g/mol. The number of hydrogen-bond donors (Lipinski definition) is 1. The molecule has 1 saturated carbocycles. The second-order valence-electron chi connectivity index (χ2n) is 3.58. The fourth-order valence-electron chi connectivity index (χ4n) is 1.46. The molecular weight excluding hydrogens is 233 g/mol. The molecule has 1 aromatic heterocycles. The quantitative estimate of drug-likeness (QED) is 0.823. The van der Waals surface area contributed by atoms with Crippen LogP contribution in [0.25, 0.3) is 0 Å². The summed E-state index contributed by atoms with van der Waals surface area (Å²) < 4.78 is 40.6. The van der Waals surface area contributed by atoms with Crippen molar-refractivity contribution in [2.45, 2.75) is 31.0 Å². The topological polar surface area (TPSA) is 52.0 Å². The molecule has 0 spiro atoms. The van der Waals surface area contributed by atoms with E-state index in [9.17, 15) is 13.2 Å². The molecule has 1 aromatic rings. The predicted molar refractivity (Wildman–Crippen MR) is 48.5 cm³/mol. The standard InChI is InChI=1S/C8H9F3N2O.ClH/c9-8(10,11)6-4-5(13-14-6)7(12)2-1-3-7;/h4H,1-3,12H2;1H. The van der Waals surface area contributed by atoms with Gasteiger partial charge in [-0.2, -0.15) is 13.2 Å². The lowest BCUT2D eigenvalue weighted by molar-refractivity contribution is -0.155. The molecule has 1 aliphatic rings. The van der Waals surface area contributed by atoms with Crippen LogP contribution in [0.15, 0.2) is 10.6 Å². The van der Waals surface area contributed by atoms with Gasteiger partial charge >= 0.3 is 6.18 Å². The van der Waals surface area contributed by atoms with Gasteiger partial charge in [-0.3, -0.25) is 0 Å². The Morgan fingerprint density at radius 1 is 1.40 bits per heavy atom. The Morgan fingerprint density at radius 2 is 2.00 bits per heavy atom. The molecule has 0 atom stereocenters. The Kier molecular flexibility index (Phi) is 3.02. The third-order valence-corrected chi connectivity index (χ3v) is 2.55. The van der Waals surface area contributed by atoms with Gasteiger partial charge in [0.1, 0.15) is 5.69 Å². The van der Waals surface area contributed by atoms with Crippen molar-refractivity contribution in [3.8, 4) is 0 Å². The summed E-state index contributed by atoms with van der Waals surface area (Å²) in [5.74, 6) is -1.08. The zero-order valence-electron chi connectivity index (χ0n) is 7.67. The molecule has 0 saturated heterocycles. The number of nitrogens with two attached hydrogens (primary N) is 1. The summed E-state index contributed by atoms with van der Waals surface area (Å²) in [6.45, 7) is 0. The van der Waals surface area contributed by atoms with Crippen molar-refractivity contribution in [2.75, 3.05) is 0 Å². The highest BCUT2D eigenvalue weighted by molar-refractivity contribution is 5.85. The van der Waals surface area contributed by atoms with Gasteiger partial charge in [0.25, 0.3) is 0 Å². The Balaban J connectivity index is 0.00000112. The lowest BCUT2D eigenvalue weighted by Crippen LogP contribution is -2.43. The van der Waals surface area contributed by atoms with E-state index in [-0.39, 0.29) is 18.1 Å². The number of nitrogens with zero attached hydrogens (tertiary/aromatic N) is 1. The molecule has 3 nitrogen and oxygen atoms in total. The van der Waals surface area contributed by atoms with Crippen LogP contribution in [0.2, 0.25) is 0 Å². The first-order valence-electron chi connectivity index (χ1n) is 4.25. The van der Waals surface area contributed by atoms with Crippen LogP contribution in [-0.4, -0.2) is 5.16 Å². The average molecular weight is 243 g/mol. The van der Waals surface area contributed by atoms with Crippen LogP contribution in [0.4, 0.5) is 13.2 Å². The number of rotatable bonds is 1. The molecule has 86 valence electrons. The van der Waals surface area contributed by atoms with Crippen LogP contribution >= 0.6 is 12.4 Å². The summed E-state index contributed by atoms with van der Waals surface area (Å²) in [6.07, 6.45) is -2.23. The van der Waals surface area contributed by atoms with Gasteiger partial charge in [0.15, 0.2) is 0 Å². The largest absolute Gasteiger partial charge is 0.452 e. The van der Waals surface area contributed by atoms with Crippen molar-refractivity contribution < 1.29 is 17.7 Å². The summed E-state index contributed by atoms with van der Waals surface area (Å²) in [7, 11) is 0. The van der Waals surface area contributed by atoms with E-state index >= 15 is 0 Å². The zero-order chi connectivity index (χ0) is 10.4. The number of aromatic nitrogens is 1. The first-order valence-corrected chi connectivity index (χ1v) is 4.25. The lowest BCUT2D eigenvalue weighted by Gasteiger charge is -2.35. The second kappa shape index (κ2) is 3.68. The SMILES string of the molecule is Cl.NC1(c2cc(C(F)(F)F)on2)CCC1. The normalized spacial score (nSPS) is 19.2. The maximum absolute atomic E-state index is 12.1. The van der Waals surface area contributed by atoms with E-state index in [1.165, 1.54) is 0 Å². The molecule has 1 heterocycles. The molecule has 0 radical (unpaired) electrons. The van der Waals surface area contributed by atoms with Gasteiger partial charge < -0.3 is 10.3 Å². The fourth-order valence-corrected chi connectivity index (χ4v) is 1.46. The molecule has 0 aromatic carbocycles. The average Bonchev–Trinajstić information content (AvgIpc) is 2.46. The van der Waals surface area contributed by atoms with E-state index in [2.05, 4.69) is 9.68 Å². The molecule has 0 amide bonds. The molecule has 0 unspecified atom stereocenters. The molecule has 7 heteroatoms. The van der Waals surface area contributed by atoms with Gasteiger partial charge in [0.2, 0.25) is 5.76 Å². The summed E-state index contributed by atoms with van der Waals surface area (Å²) in [5.41, 5.74) is 5.29. The van der Waals surface area contributed by atoms with Crippen LogP contribution in [-0.2, 0) is 11.7 Å². The van der Waals surface area contributed by atoms with Gasteiger partial charge in [-0.25, -0.2) is 0 Å². The van der Waals surface area contributed by atoms with E-state index < -0.39 is 17.5 Å². The Morgan fingerprint density at radius 3 is 2.33 bits per heavy atom. The third kappa shape index (κ3) is 2.10. The van der Waals surface area contributed by atoms with E-state index in [1.54, 1.807) is 0 Å². The van der Waals surface area contributed by atoms with Crippen molar-refractivity contribution >= 4 is 12.4 Å². The van der Waals surface area contributed by atoms with Gasteiger partial charge in [-0.15, -0.1) is 12.4 Å². The number of hydrogen-bond acceptors (Lipinski definition) is 3. The maximum atomic E-state index is 12.1. The minimum atomic E-state index is -4.48. The Bertz CT molecular complexity index is 346. The van der Waals surface area contributed by atoms with Crippen molar-refractivity contribution in [2.24, 2.45) is 5.73 Å². The smallest absolute Gasteiger partial charge is 0.351 e. The van der Waals surface area contributed by atoms with Crippen molar-refractivity contribution in [3.63, 3.8) is 0 Å². The highest BCUT2D eigenvalue weighted by Gasteiger charge is 2.42. The highest BCUT2D eigenvalue weighted by Crippen LogP contribution is 2.40. The van der Waals surface area contributed by atoms with Crippen molar-refractivity contribution in [1.82, 2.24) is 5.16 Å². The van der Waals surface area contributed by atoms with Gasteiger partial charge in [0, 0.05) is 6.07 Å². The summed E-state index contributed by atoms with van der Waals surface area (Å²) in [4.78, 5) is 0. The minimum absolute atomic E-state index is 0. The van der Waals surface area contributed by atoms with E-state index in [4.69, 9.17) is 5.73 Å². The van der Waals surface area contributed by atoms with Crippen LogP contribution in [0.5, 0.6) is 0 Å². The van der Waals surface area contributed by atoms with Crippen molar-refractivity contribution in [3.05, 3.63) is 17.5 Å². The fraction of sp³-hybridized carbons (Fsp3) is 0.625. The van der Waals surface area contributed by atoms with Gasteiger partial charge in [-0.1, -0.05) is 5.16 Å². The highest BCUT2D eigenvalue weighted by atomic mass is 35.5. The summed E-state index contributed by atoms with van der Waals surface area (Å²) in [6, 6.07) is 0.888. The molecule has 1 aliphatic carbocycles. The molecule has 2 rings (SSSR count). The summed E-state index contributed by atoms with van der Waals surface area (Å²) >= 11 is 0. The molecule has 15 heavy (non-hydrogen) atoms. The van der Waals surface area contributed by atoms with Crippen LogP contribution in [0, 0.1) is 0 Å². The van der Waals surface area contributed by atoms with Gasteiger partial charge in [0.05, 0.1) is 5.54 Å². The predicted octanol–water partition coefficient (Wildman–Crippen LogP) is 2.45. The van der Waals surface area contributed by atoms with E-state index in [0.29, 0.717) is 12.8 Å². The lowest BCUT2D eigenvalue weighted by atomic mass is 9.75. The third-order valence-electron chi connectivity index (χ3n) is 2.55. The Labute approximate surface area is 90.2 Å². The van der Waals surface area contributed by atoms with Gasteiger partial charge in [-0.05, 0) is 19.3 Å². The van der Waals surface area contributed by atoms with Crippen LogP contribution in [0.1, 0.15) is 30.7 Å². The van der Waals surface area contributed by atoms with E-state index in [1.807, 2.05) is 0 Å². The number of alkyl halides is 3. The maximum Gasteiger partial charge on any atom is 0.452 e. The Hall–Kier alpha value is -0.750. The second-order valence-corrected chi connectivity index (χ2v) is 3.58. The summed E-state index contributed by atoms with van der Waals surface area (Å²) in [5, 5.41) is 3.36. The van der Waals surface area contributed by atoms with E-state index in [0.717, 1.165) is 12.5 Å². The first-order chi connectivity index (χ1) is 6.42. The number of halogens is 4. The molecular formula is C8H10ClF3N2O. The minimum Gasteiger partial charge on any atom is -0.351 e. The van der Waals surface area contributed by atoms with Crippen LogP contribution in [0.3, 0.4) is 0 Å². The zero-order valence-corrected chi connectivity index (χ0v) is 8.49. The van der Waals surface area contributed by atoms with Crippen molar-refractivity contribution in [1.29, 1.82) is 0 Å². The molecule has 0 aliphatic heterocycles. The molecule has 0 bridgehead atoms. The first kappa shape index (κ1) is 12.3. The molecule has 1 fully saturated rings. The molecule has 2 N–H and O–H groups in total. The van der Waals surface area contributed by atoms with Crippen LogP contribution < -0.4 is 5.73 Å².